The molecule has 11 aromatic rings. The van der Waals surface area contributed by atoms with E-state index >= 15 is 0 Å². The van der Waals surface area contributed by atoms with E-state index in [0.717, 1.165) is 50.2 Å². The maximum absolute atomic E-state index is 5.38. The van der Waals surface area contributed by atoms with Crippen LogP contribution in [0.3, 0.4) is 0 Å². The van der Waals surface area contributed by atoms with Crippen LogP contribution < -0.4 is 0 Å². The van der Waals surface area contributed by atoms with Crippen LogP contribution in [-0.2, 0) is 6.42 Å². The number of benzene rings is 7. The Kier molecular flexibility index (Phi) is 8.00. The Balaban J connectivity index is 1.15. The van der Waals surface area contributed by atoms with Gasteiger partial charge >= 0.3 is 0 Å². The summed E-state index contributed by atoms with van der Waals surface area (Å²) >= 11 is 1.85. The molecule has 0 fully saturated rings. The Bertz CT molecular complexity index is 3200. The fourth-order valence-corrected chi connectivity index (χ4v) is 9.15. The largest absolute Gasteiger partial charge is 0.294 e. The van der Waals surface area contributed by atoms with Crippen LogP contribution in [0.4, 0.5) is 0 Å². The second-order valence-electron chi connectivity index (χ2n) is 14.3. The Morgan fingerprint density at radius 1 is 0.404 bits per heavy atom. The highest BCUT2D eigenvalue weighted by atomic mass is 32.1. The Morgan fingerprint density at radius 3 is 1.72 bits per heavy atom. The fourth-order valence-electron chi connectivity index (χ4n) is 8.02. The molecule has 7 aromatic carbocycles. The molecule has 0 aliphatic rings. The second kappa shape index (κ2) is 13.8. The van der Waals surface area contributed by atoms with Gasteiger partial charge in [0, 0.05) is 65.8 Å². The Labute approximate surface area is 333 Å². The zero-order valence-corrected chi connectivity index (χ0v) is 31.6. The minimum atomic E-state index is 0.439. The Hall–Kier alpha value is -7.28. The van der Waals surface area contributed by atoms with Crippen LogP contribution >= 0.6 is 11.3 Å². The number of thiophene rings is 1. The summed E-state index contributed by atoms with van der Waals surface area (Å²) in [4.78, 5) is 20.6. The van der Waals surface area contributed by atoms with Crippen molar-refractivity contribution in [2.75, 3.05) is 0 Å². The maximum Gasteiger partial charge on any atom is 0.163 e. The number of hydrogen-bond donors (Lipinski definition) is 0. The van der Waals surface area contributed by atoms with Gasteiger partial charge in [0.05, 0.1) is 11.0 Å². The maximum atomic E-state index is 5.38. The first-order chi connectivity index (χ1) is 28.2. The molecule has 0 aliphatic carbocycles. The van der Waals surface area contributed by atoms with Gasteiger partial charge in [0.15, 0.2) is 11.6 Å². The molecule has 0 bridgehead atoms. The number of aromatic nitrogens is 5. The van der Waals surface area contributed by atoms with E-state index in [4.69, 9.17) is 19.9 Å². The van der Waals surface area contributed by atoms with Crippen molar-refractivity contribution in [3.8, 4) is 50.8 Å². The molecule has 0 radical (unpaired) electrons. The topological polar surface area (TPSA) is 56.5 Å². The van der Waals surface area contributed by atoms with Crippen LogP contribution in [0, 0.1) is 0 Å². The third-order valence-corrected chi connectivity index (χ3v) is 11.9. The van der Waals surface area contributed by atoms with Gasteiger partial charge in [-0.1, -0.05) is 146 Å². The predicted octanol–water partition coefficient (Wildman–Crippen LogP) is 13.0. The minimum absolute atomic E-state index is 0.439. The smallest absolute Gasteiger partial charge is 0.163 e. The molecule has 4 aromatic heterocycles. The summed E-state index contributed by atoms with van der Waals surface area (Å²) in [5, 5.41) is 4.91. The lowest BCUT2D eigenvalue weighted by Gasteiger charge is -2.15. The number of hydrogen-bond acceptors (Lipinski definition) is 5. The first-order valence-electron chi connectivity index (χ1n) is 19.1. The van der Waals surface area contributed by atoms with Crippen molar-refractivity contribution in [2.24, 2.45) is 0 Å². The van der Waals surface area contributed by atoms with Gasteiger partial charge in [-0.2, -0.15) is 0 Å². The van der Waals surface area contributed by atoms with Gasteiger partial charge in [-0.3, -0.25) is 4.57 Å². The quantitative estimate of drug-likeness (QED) is 0.163. The zero-order valence-electron chi connectivity index (χ0n) is 30.7. The highest BCUT2D eigenvalue weighted by Gasteiger charge is 2.21. The van der Waals surface area contributed by atoms with E-state index < -0.39 is 0 Å². The van der Waals surface area contributed by atoms with Gasteiger partial charge in [0.25, 0.3) is 0 Å². The second-order valence-corrected chi connectivity index (χ2v) is 15.4. The van der Waals surface area contributed by atoms with Crippen LogP contribution in [0.1, 0.15) is 11.4 Å². The third-order valence-electron chi connectivity index (χ3n) is 10.7. The van der Waals surface area contributed by atoms with E-state index in [1.165, 1.54) is 36.5 Å². The van der Waals surface area contributed by atoms with E-state index in [9.17, 15) is 0 Å². The number of pyridine rings is 1. The summed E-state index contributed by atoms with van der Waals surface area (Å²) in [5.74, 6) is 2.81. The SMILES string of the molecule is c1ccc(-c2cccc(-c3cnc(-n4c5ccccc5c5cc6sc7ccccc7c6cc54)c(Cc4nc(-c5ccccc5)nc(-c5ccccc5)n4)c3)c2)cc1. The third kappa shape index (κ3) is 5.95. The fraction of sp³-hybridized carbons (Fsp3) is 0.0196. The molecular weight excluding hydrogens is 715 g/mol. The van der Waals surface area contributed by atoms with E-state index in [1.54, 1.807) is 0 Å². The average molecular weight is 748 g/mol. The minimum Gasteiger partial charge on any atom is -0.294 e. The molecule has 0 N–H and O–H groups in total. The number of nitrogens with zero attached hydrogens (tertiary/aromatic N) is 5. The van der Waals surface area contributed by atoms with Gasteiger partial charge in [-0.15, -0.1) is 11.3 Å². The highest BCUT2D eigenvalue weighted by Crippen LogP contribution is 2.41. The van der Waals surface area contributed by atoms with E-state index in [-0.39, 0.29) is 0 Å². The summed E-state index contributed by atoms with van der Waals surface area (Å²) in [6.45, 7) is 0. The van der Waals surface area contributed by atoms with Gasteiger partial charge in [0.2, 0.25) is 0 Å². The molecule has 0 atom stereocenters. The van der Waals surface area contributed by atoms with Crippen molar-refractivity contribution in [2.45, 2.75) is 6.42 Å². The summed E-state index contributed by atoms with van der Waals surface area (Å²) in [6, 6.07) is 63.9. The van der Waals surface area contributed by atoms with Crippen molar-refractivity contribution in [1.82, 2.24) is 24.5 Å². The first-order valence-corrected chi connectivity index (χ1v) is 19.9. The predicted molar refractivity (Wildman–Crippen MR) is 236 cm³/mol. The number of rotatable bonds is 7. The van der Waals surface area contributed by atoms with Crippen molar-refractivity contribution in [1.29, 1.82) is 0 Å². The molecule has 0 unspecified atom stereocenters. The van der Waals surface area contributed by atoms with E-state index in [2.05, 4.69) is 126 Å². The summed E-state index contributed by atoms with van der Waals surface area (Å²) in [5.41, 5.74) is 9.57. The molecule has 11 rings (SSSR count). The van der Waals surface area contributed by atoms with Crippen molar-refractivity contribution in [3.05, 3.63) is 200 Å². The van der Waals surface area contributed by atoms with Crippen molar-refractivity contribution >= 4 is 53.3 Å². The lowest BCUT2D eigenvalue weighted by atomic mass is 9.98. The van der Waals surface area contributed by atoms with Gasteiger partial charge < -0.3 is 0 Å². The van der Waals surface area contributed by atoms with Crippen LogP contribution in [-0.4, -0.2) is 24.5 Å². The molecule has 268 valence electrons. The highest BCUT2D eigenvalue weighted by molar-refractivity contribution is 7.25. The van der Waals surface area contributed by atoms with Gasteiger partial charge in [0.1, 0.15) is 11.6 Å². The van der Waals surface area contributed by atoms with Crippen molar-refractivity contribution < 1.29 is 0 Å². The first kappa shape index (κ1) is 33.1. The summed E-state index contributed by atoms with van der Waals surface area (Å²) < 4.78 is 4.91. The number of para-hydroxylation sites is 1. The van der Waals surface area contributed by atoms with Crippen molar-refractivity contribution in [3.63, 3.8) is 0 Å². The molecule has 6 heteroatoms. The molecule has 57 heavy (non-hydrogen) atoms. The lowest BCUT2D eigenvalue weighted by molar-refractivity contribution is 0.914. The van der Waals surface area contributed by atoms with Crippen LogP contribution in [0.15, 0.2) is 188 Å². The monoisotopic (exact) mass is 747 g/mol. The summed E-state index contributed by atoms with van der Waals surface area (Å²) in [7, 11) is 0. The zero-order chi connectivity index (χ0) is 37.7. The van der Waals surface area contributed by atoms with Crippen LogP contribution in [0.5, 0.6) is 0 Å². The van der Waals surface area contributed by atoms with Gasteiger partial charge in [-0.05, 0) is 53.1 Å². The molecule has 0 amide bonds. The van der Waals surface area contributed by atoms with E-state index in [1.807, 2.05) is 78.2 Å². The average Bonchev–Trinajstić information content (AvgIpc) is 3.81. The summed E-state index contributed by atoms with van der Waals surface area (Å²) in [6.07, 6.45) is 2.45. The standard InChI is InChI=1S/C51H33N5S/c1-4-15-33(16-5-1)36-21-14-22-37(27-36)39-28-38(29-48-53-49(34-17-6-2-7-18-34)55-50(54-48)35-19-8-3-9-20-35)51(52-32-39)56-44-25-12-10-23-40(44)42-31-47-43(30-45(42)56)41-24-11-13-26-46(41)57-47/h1-28,30-32H,29H2. The number of fused-ring (bicyclic) bond motifs is 6. The molecule has 0 spiro atoms. The lowest BCUT2D eigenvalue weighted by Crippen LogP contribution is -2.08. The molecule has 4 heterocycles. The molecule has 0 saturated carbocycles. The molecule has 0 saturated heterocycles. The molecular formula is C51H33N5S. The molecule has 0 aliphatic heterocycles. The normalized spacial score (nSPS) is 11.6. The van der Waals surface area contributed by atoms with Crippen LogP contribution in [0.2, 0.25) is 0 Å². The van der Waals surface area contributed by atoms with E-state index in [0.29, 0.717) is 23.9 Å². The Morgan fingerprint density at radius 2 is 1.00 bits per heavy atom. The van der Waals surface area contributed by atoms with Crippen LogP contribution in [0.25, 0.3) is 92.8 Å². The molecule has 5 nitrogen and oxygen atoms in total. The van der Waals surface area contributed by atoms with Gasteiger partial charge in [-0.25, -0.2) is 19.9 Å².